The number of hydrogen-bond donors (Lipinski definition) is 0. The Morgan fingerprint density at radius 2 is 1.20 bits per heavy atom. The summed E-state index contributed by atoms with van der Waals surface area (Å²) in [6.45, 7) is 14.3. The molecule has 0 aliphatic carbocycles. The Morgan fingerprint density at radius 3 is 1.60 bits per heavy atom. The second kappa shape index (κ2) is 12.3. The maximum Gasteiger partial charge on any atom is 0.0624 e. The van der Waals surface area contributed by atoms with E-state index in [1.165, 1.54) is 108 Å². The van der Waals surface area contributed by atoms with Gasteiger partial charge in [0.2, 0.25) is 0 Å². The molecule has 0 aromatic carbocycles. The lowest BCUT2D eigenvalue weighted by molar-refractivity contribution is 0.0172. The number of allylic oxidation sites excluding steroid dienone is 1. The number of likely N-dealkylation sites (tertiary alicyclic amines) is 2. The summed E-state index contributed by atoms with van der Waals surface area (Å²) in [6, 6.07) is 1.45. The van der Waals surface area contributed by atoms with E-state index in [2.05, 4.69) is 30.2 Å². The number of rotatable bonds is 7. The highest BCUT2D eigenvalue weighted by Crippen LogP contribution is 2.24. The quantitative estimate of drug-likeness (QED) is 0.587. The van der Waals surface area contributed by atoms with Gasteiger partial charge in [0, 0.05) is 9.52 Å². The van der Waals surface area contributed by atoms with Gasteiger partial charge in [0.05, 0.1) is 6.17 Å². The van der Waals surface area contributed by atoms with Crippen LogP contribution in [0.15, 0.2) is 11.8 Å². The lowest BCUT2D eigenvalue weighted by Gasteiger charge is -2.42. The maximum atomic E-state index is 4.17. The summed E-state index contributed by atoms with van der Waals surface area (Å²) >= 11 is 0. The highest BCUT2D eigenvalue weighted by molar-refractivity contribution is 6.44. The Labute approximate surface area is 160 Å². The Hall–Kier alpha value is -0.123. The normalized spacial score (nSPS) is 24.0. The van der Waals surface area contributed by atoms with Crippen LogP contribution >= 0.6 is 0 Å². The molecular weight excluding hydrogens is 320 g/mol. The summed E-state index contributed by atoms with van der Waals surface area (Å²) in [4.78, 5) is 5.78. The second-order valence-corrected chi connectivity index (χ2v) is 11.2. The van der Waals surface area contributed by atoms with E-state index in [1.54, 1.807) is 0 Å². The van der Waals surface area contributed by atoms with Crippen LogP contribution in [0.2, 0.25) is 6.04 Å². The van der Waals surface area contributed by atoms with Crippen LogP contribution in [0.5, 0.6) is 0 Å². The molecule has 0 radical (unpaired) electrons. The van der Waals surface area contributed by atoms with Gasteiger partial charge in [-0.15, -0.1) is 6.58 Å². The van der Waals surface area contributed by atoms with Crippen LogP contribution < -0.4 is 0 Å². The lowest BCUT2D eigenvalue weighted by atomic mass is 10.0. The molecule has 2 aliphatic rings. The van der Waals surface area contributed by atoms with Crippen LogP contribution in [-0.4, -0.2) is 51.7 Å². The predicted octanol–water partition coefficient (Wildman–Crippen LogP) is 4.99. The lowest BCUT2D eigenvalue weighted by Crippen LogP contribution is -2.51. The van der Waals surface area contributed by atoms with E-state index >= 15 is 0 Å². The molecule has 2 aliphatic heterocycles. The van der Waals surface area contributed by atoms with Crippen molar-refractivity contribution in [1.29, 1.82) is 0 Å². The zero-order valence-corrected chi connectivity index (χ0v) is 18.7. The van der Waals surface area contributed by atoms with Crippen molar-refractivity contribution in [2.24, 2.45) is 5.92 Å². The molecule has 0 aromatic heterocycles. The third-order valence-corrected chi connectivity index (χ3v) is 8.43. The molecule has 0 amide bonds. The smallest absolute Gasteiger partial charge is 0.0624 e. The van der Waals surface area contributed by atoms with Gasteiger partial charge in [-0.2, -0.15) is 0 Å². The van der Waals surface area contributed by atoms with Crippen molar-refractivity contribution < 1.29 is 0 Å². The van der Waals surface area contributed by atoms with Gasteiger partial charge in [-0.3, -0.25) is 9.80 Å². The first-order chi connectivity index (χ1) is 12.2. The predicted molar refractivity (Wildman–Crippen MR) is 115 cm³/mol. The summed E-state index contributed by atoms with van der Waals surface area (Å²) in [7, 11) is -0.0574. The van der Waals surface area contributed by atoms with Crippen molar-refractivity contribution in [1.82, 2.24) is 9.80 Å². The van der Waals surface area contributed by atoms with Gasteiger partial charge in [0.25, 0.3) is 0 Å². The minimum Gasteiger partial charge on any atom is -0.288 e. The highest BCUT2D eigenvalue weighted by atomic mass is 28.2. The maximum absolute atomic E-state index is 4.17. The molecule has 2 nitrogen and oxygen atoms in total. The third-order valence-electron chi connectivity index (χ3n) is 6.30. The standard InChI is InChI=1S/C22H44N2Si/c1-20(2)25-19-21(3)18-22(23-14-10-6-4-7-11-15-23)24-16-12-8-5-9-13-17-24/h21-22H,1,4-19,25H2,2-3H3. The topological polar surface area (TPSA) is 6.48 Å². The fourth-order valence-corrected chi connectivity index (χ4v) is 5.86. The molecule has 25 heavy (non-hydrogen) atoms. The first-order valence-corrected chi connectivity index (χ1v) is 13.0. The van der Waals surface area contributed by atoms with Crippen molar-refractivity contribution in [2.45, 2.75) is 96.7 Å². The Balaban J connectivity index is 2.00. The van der Waals surface area contributed by atoms with E-state index in [-0.39, 0.29) is 9.52 Å². The van der Waals surface area contributed by atoms with Gasteiger partial charge in [-0.25, -0.2) is 0 Å². The highest BCUT2D eigenvalue weighted by Gasteiger charge is 2.27. The molecule has 1 atom stereocenters. The van der Waals surface area contributed by atoms with E-state index < -0.39 is 0 Å². The van der Waals surface area contributed by atoms with Gasteiger partial charge in [-0.05, 0) is 71.1 Å². The monoisotopic (exact) mass is 364 g/mol. The van der Waals surface area contributed by atoms with Crippen LogP contribution in [0.4, 0.5) is 0 Å². The Morgan fingerprint density at radius 1 is 0.800 bits per heavy atom. The van der Waals surface area contributed by atoms with E-state index in [9.17, 15) is 0 Å². The molecule has 2 heterocycles. The molecule has 1 unspecified atom stereocenters. The zero-order valence-electron chi connectivity index (χ0n) is 17.3. The average Bonchev–Trinajstić information content (AvgIpc) is 2.51. The van der Waals surface area contributed by atoms with Gasteiger partial charge in [-0.1, -0.05) is 56.7 Å². The molecule has 0 N–H and O–H groups in total. The molecule has 0 spiro atoms. The van der Waals surface area contributed by atoms with Crippen LogP contribution in [0.25, 0.3) is 0 Å². The SMILES string of the molecule is C=C(C)[SiH2]CC(C)CC(N1CCCCCCC1)N1CCCCCCC1. The summed E-state index contributed by atoms with van der Waals surface area (Å²) < 4.78 is 0. The number of hydrogen-bond acceptors (Lipinski definition) is 2. The Kier molecular flexibility index (Phi) is 10.4. The van der Waals surface area contributed by atoms with Crippen molar-refractivity contribution in [3.63, 3.8) is 0 Å². The molecule has 146 valence electrons. The first kappa shape index (κ1) is 21.2. The summed E-state index contributed by atoms with van der Waals surface area (Å²) in [6.07, 6.45) is 16.5. The van der Waals surface area contributed by atoms with E-state index in [1.807, 2.05) is 0 Å². The van der Waals surface area contributed by atoms with E-state index in [0.717, 1.165) is 5.92 Å². The minimum absolute atomic E-state index is 0.0574. The van der Waals surface area contributed by atoms with Crippen molar-refractivity contribution in [3.05, 3.63) is 11.8 Å². The number of nitrogens with zero attached hydrogens (tertiary/aromatic N) is 2. The molecule has 0 bridgehead atoms. The largest absolute Gasteiger partial charge is 0.288 e. The van der Waals surface area contributed by atoms with Crippen molar-refractivity contribution >= 4 is 9.52 Å². The molecule has 2 saturated heterocycles. The van der Waals surface area contributed by atoms with Crippen LogP contribution in [0, 0.1) is 5.92 Å². The first-order valence-electron chi connectivity index (χ1n) is 11.3. The molecule has 0 aromatic rings. The second-order valence-electron chi connectivity index (χ2n) is 8.92. The zero-order chi connectivity index (χ0) is 17.9. The summed E-state index contributed by atoms with van der Waals surface area (Å²) in [5, 5.41) is 1.49. The van der Waals surface area contributed by atoms with Crippen molar-refractivity contribution in [3.8, 4) is 0 Å². The molecule has 2 rings (SSSR count). The molecular formula is C22H44N2Si. The molecule has 2 fully saturated rings. The van der Waals surface area contributed by atoms with Crippen LogP contribution in [-0.2, 0) is 0 Å². The van der Waals surface area contributed by atoms with Crippen LogP contribution in [0.3, 0.4) is 0 Å². The molecule has 3 heteroatoms. The van der Waals surface area contributed by atoms with E-state index in [0.29, 0.717) is 6.17 Å². The van der Waals surface area contributed by atoms with Gasteiger partial charge < -0.3 is 0 Å². The Bertz CT molecular complexity index is 333. The third kappa shape index (κ3) is 8.40. The van der Waals surface area contributed by atoms with E-state index in [4.69, 9.17) is 0 Å². The van der Waals surface area contributed by atoms with Crippen LogP contribution in [0.1, 0.15) is 84.5 Å². The van der Waals surface area contributed by atoms with Crippen molar-refractivity contribution in [2.75, 3.05) is 26.2 Å². The van der Waals surface area contributed by atoms with Gasteiger partial charge in [0.15, 0.2) is 0 Å². The minimum atomic E-state index is -0.0574. The van der Waals surface area contributed by atoms with Gasteiger partial charge >= 0.3 is 0 Å². The molecule has 0 saturated carbocycles. The summed E-state index contributed by atoms with van der Waals surface area (Å²) in [5.74, 6) is 0.865. The summed E-state index contributed by atoms with van der Waals surface area (Å²) in [5.41, 5.74) is 0. The fraction of sp³-hybridized carbons (Fsp3) is 0.909. The van der Waals surface area contributed by atoms with Gasteiger partial charge in [0.1, 0.15) is 0 Å². The average molecular weight is 365 g/mol. The fourth-order valence-electron chi connectivity index (χ4n) is 4.64.